The standard InChI is InChI=1S/C16H30O2.C15H22O7.C9H15F3O2/c1-7-15(3,4)14(17)18-16(5,6)13-10-8-12(2)9-11-13;1-6-14(2,3)13(17)20-9-7-8(18-11(9)16)10-12(19-7)22-15(4,5)21-10;1-5-8(3,4)7(13)14-6(2)9(10,11)12/h12-13H,7-11H2,1-6H3;7-10,12H,6H2,1-5H3;6H,5H2,1-4H3. The van der Waals surface area contributed by atoms with Crippen molar-refractivity contribution < 1.29 is 65.5 Å². The highest BCUT2D eigenvalue weighted by Crippen LogP contribution is 2.44. The van der Waals surface area contributed by atoms with E-state index in [2.05, 4.69) is 25.5 Å². The quantitative estimate of drug-likeness (QED) is 0.156. The van der Waals surface area contributed by atoms with E-state index >= 15 is 0 Å². The van der Waals surface area contributed by atoms with Crippen molar-refractivity contribution >= 4 is 23.9 Å². The van der Waals surface area contributed by atoms with Gasteiger partial charge in [-0.25, -0.2) is 4.79 Å². The Morgan fingerprint density at radius 2 is 1.24 bits per heavy atom. The van der Waals surface area contributed by atoms with Crippen LogP contribution in [0.3, 0.4) is 0 Å². The van der Waals surface area contributed by atoms with Gasteiger partial charge >= 0.3 is 30.1 Å². The molecule has 0 aromatic heterocycles. The molecule has 6 unspecified atom stereocenters. The van der Waals surface area contributed by atoms with Crippen LogP contribution < -0.4 is 0 Å². The Balaban J connectivity index is 0.000000289. The first-order chi connectivity index (χ1) is 24.4. The smallest absolute Gasteiger partial charge is 0.425 e. The van der Waals surface area contributed by atoms with Crippen LogP contribution in [0, 0.1) is 28.1 Å². The van der Waals surface area contributed by atoms with E-state index < -0.39 is 77.5 Å². The molecule has 0 radical (unpaired) electrons. The minimum absolute atomic E-state index is 0.0476. The first kappa shape index (κ1) is 47.7. The van der Waals surface area contributed by atoms with E-state index in [-0.39, 0.29) is 17.0 Å². The van der Waals surface area contributed by atoms with Gasteiger partial charge in [-0.2, -0.15) is 13.2 Å². The predicted molar refractivity (Wildman–Crippen MR) is 194 cm³/mol. The highest BCUT2D eigenvalue weighted by molar-refractivity contribution is 5.84. The molecule has 0 N–H and O–H groups in total. The van der Waals surface area contributed by atoms with E-state index in [1.54, 1.807) is 48.5 Å². The Bertz CT molecular complexity index is 1300. The molecule has 0 aromatic rings. The molecule has 0 spiro atoms. The average molecular weight is 781 g/mol. The molecule has 4 aliphatic rings. The maximum Gasteiger partial charge on any atom is 0.425 e. The number of carbonyl (C=O) groups is 4. The van der Waals surface area contributed by atoms with Crippen molar-refractivity contribution in [3.05, 3.63) is 0 Å². The summed E-state index contributed by atoms with van der Waals surface area (Å²) in [5.41, 5.74) is -2.20. The van der Waals surface area contributed by atoms with E-state index in [9.17, 15) is 32.3 Å². The third-order valence-corrected chi connectivity index (χ3v) is 11.5. The highest BCUT2D eigenvalue weighted by atomic mass is 19.4. The largest absolute Gasteiger partial charge is 0.459 e. The lowest BCUT2D eigenvalue weighted by Gasteiger charge is -2.39. The van der Waals surface area contributed by atoms with Gasteiger partial charge in [0.05, 0.1) is 16.2 Å². The number of hydrogen-bond donors (Lipinski definition) is 0. The summed E-state index contributed by atoms with van der Waals surface area (Å²) in [7, 11) is 0. The Hall–Kier alpha value is -2.45. The van der Waals surface area contributed by atoms with Gasteiger partial charge in [-0.05, 0) is 120 Å². The van der Waals surface area contributed by atoms with E-state index in [1.165, 1.54) is 25.7 Å². The molecule has 54 heavy (non-hydrogen) atoms. The van der Waals surface area contributed by atoms with Crippen LogP contribution in [0.2, 0.25) is 0 Å². The lowest BCUT2D eigenvalue weighted by molar-refractivity contribution is -0.221. The Morgan fingerprint density at radius 3 is 1.72 bits per heavy atom. The number of fused-ring (bicyclic) bond motifs is 3. The van der Waals surface area contributed by atoms with E-state index in [0.29, 0.717) is 18.8 Å². The number of hydrogen-bond acceptors (Lipinski definition) is 11. The molecular weight excluding hydrogens is 713 g/mol. The normalized spacial score (nSPS) is 28.6. The number of esters is 4. The van der Waals surface area contributed by atoms with Gasteiger partial charge in [0, 0.05) is 0 Å². The molecule has 314 valence electrons. The summed E-state index contributed by atoms with van der Waals surface area (Å²) in [5.74, 6) is -1.34. The summed E-state index contributed by atoms with van der Waals surface area (Å²) in [6.45, 7) is 27.1. The van der Waals surface area contributed by atoms with Gasteiger partial charge in [0.15, 0.2) is 30.4 Å². The van der Waals surface area contributed by atoms with Crippen LogP contribution in [0.5, 0.6) is 0 Å². The van der Waals surface area contributed by atoms with Crippen LogP contribution in [0.15, 0.2) is 0 Å². The summed E-state index contributed by atoms with van der Waals surface area (Å²) in [6.07, 6.45) is -3.21. The second kappa shape index (κ2) is 17.8. The van der Waals surface area contributed by atoms with Crippen molar-refractivity contribution in [2.45, 2.75) is 203 Å². The molecule has 4 rings (SSSR count). The fourth-order valence-corrected chi connectivity index (χ4v) is 5.84. The van der Waals surface area contributed by atoms with Gasteiger partial charge in [0.1, 0.15) is 11.7 Å². The maximum atomic E-state index is 12.2. The van der Waals surface area contributed by atoms with Crippen LogP contribution in [0.25, 0.3) is 0 Å². The van der Waals surface area contributed by atoms with E-state index in [4.69, 9.17) is 28.4 Å². The van der Waals surface area contributed by atoms with Crippen molar-refractivity contribution in [3.8, 4) is 0 Å². The molecule has 1 saturated carbocycles. The van der Waals surface area contributed by atoms with Crippen LogP contribution >= 0.6 is 0 Å². The molecule has 0 amide bonds. The monoisotopic (exact) mass is 780 g/mol. The zero-order valence-corrected chi connectivity index (χ0v) is 35.2. The summed E-state index contributed by atoms with van der Waals surface area (Å²) in [6, 6.07) is 0. The lowest BCUT2D eigenvalue weighted by Crippen LogP contribution is -2.42. The Kier molecular flexibility index (Phi) is 15.7. The van der Waals surface area contributed by atoms with Gasteiger partial charge in [-0.1, -0.05) is 40.5 Å². The lowest BCUT2D eigenvalue weighted by atomic mass is 9.75. The summed E-state index contributed by atoms with van der Waals surface area (Å²) < 4.78 is 73.9. The number of halogens is 3. The second-order valence-electron chi connectivity index (χ2n) is 18.0. The SMILES string of the molecule is CCC(C)(C)C(=O)OC(C)(C)C1CCC(C)CC1.CCC(C)(C)C(=O)OC(C)C(F)(F)F.CCC(C)(C)C(=O)OC1C(=O)OC2C3OC(C)(C)OC3OC12. The third-order valence-electron chi connectivity index (χ3n) is 11.5. The van der Waals surface area contributed by atoms with Crippen LogP contribution in [0.1, 0.15) is 149 Å². The molecule has 11 nitrogen and oxygen atoms in total. The topological polar surface area (TPSA) is 133 Å². The Labute approximate surface area is 320 Å². The van der Waals surface area contributed by atoms with E-state index in [1.807, 2.05) is 27.7 Å². The van der Waals surface area contributed by atoms with Crippen molar-refractivity contribution in [1.82, 2.24) is 0 Å². The summed E-state index contributed by atoms with van der Waals surface area (Å²) >= 11 is 0. The first-order valence-corrected chi connectivity index (χ1v) is 19.4. The summed E-state index contributed by atoms with van der Waals surface area (Å²) in [5, 5.41) is 0. The number of ether oxygens (including phenoxy) is 7. The molecule has 3 saturated heterocycles. The molecule has 6 atom stereocenters. The van der Waals surface area contributed by atoms with Crippen molar-refractivity contribution in [2.24, 2.45) is 28.1 Å². The van der Waals surface area contributed by atoms with E-state index in [0.717, 1.165) is 19.3 Å². The molecule has 1 aliphatic carbocycles. The zero-order chi connectivity index (χ0) is 41.8. The number of alkyl halides is 3. The predicted octanol–water partition coefficient (Wildman–Crippen LogP) is 8.62. The van der Waals surface area contributed by atoms with Gasteiger partial charge in [0.25, 0.3) is 0 Å². The average Bonchev–Trinajstić information content (AvgIpc) is 3.65. The zero-order valence-electron chi connectivity index (χ0n) is 35.2. The first-order valence-electron chi connectivity index (χ1n) is 19.4. The molecule has 3 heterocycles. The van der Waals surface area contributed by atoms with Crippen molar-refractivity contribution in [3.63, 3.8) is 0 Å². The highest BCUT2D eigenvalue weighted by Gasteiger charge is 2.64. The number of carbonyl (C=O) groups excluding carboxylic acids is 4. The van der Waals surface area contributed by atoms with Gasteiger partial charge in [-0.15, -0.1) is 0 Å². The molecule has 14 heteroatoms. The van der Waals surface area contributed by atoms with Gasteiger partial charge < -0.3 is 33.2 Å². The third kappa shape index (κ3) is 12.3. The van der Waals surface area contributed by atoms with Crippen LogP contribution in [-0.4, -0.2) is 78.3 Å². The Morgan fingerprint density at radius 1 is 0.759 bits per heavy atom. The summed E-state index contributed by atoms with van der Waals surface area (Å²) in [4.78, 5) is 47.6. The maximum absolute atomic E-state index is 12.2. The minimum atomic E-state index is -4.49. The minimum Gasteiger partial charge on any atom is -0.459 e. The molecule has 3 aliphatic heterocycles. The van der Waals surface area contributed by atoms with Crippen LogP contribution in [0.4, 0.5) is 13.2 Å². The van der Waals surface area contributed by atoms with Crippen LogP contribution in [-0.2, 0) is 52.3 Å². The van der Waals surface area contributed by atoms with Crippen molar-refractivity contribution in [2.75, 3.05) is 0 Å². The molecular formula is C40H67F3O11. The van der Waals surface area contributed by atoms with Crippen molar-refractivity contribution in [1.29, 1.82) is 0 Å². The van der Waals surface area contributed by atoms with Gasteiger partial charge in [-0.3, -0.25) is 14.4 Å². The molecule has 0 aromatic carbocycles. The molecule has 4 fully saturated rings. The number of rotatable bonds is 10. The second-order valence-corrected chi connectivity index (χ2v) is 18.0. The van der Waals surface area contributed by atoms with Gasteiger partial charge in [0.2, 0.25) is 6.10 Å². The fraction of sp³-hybridized carbons (Fsp3) is 0.900. The molecule has 0 bridgehead atoms. The fourth-order valence-electron chi connectivity index (χ4n) is 5.84.